The van der Waals surface area contributed by atoms with Gasteiger partial charge in [-0.2, -0.15) is 0 Å². The lowest BCUT2D eigenvalue weighted by atomic mass is 10.2. The molecule has 0 aliphatic heterocycles. The van der Waals surface area contributed by atoms with Crippen molar-refractivity contribution in [2.45, 2.75) is 6.54 Å². The molecule has 0 fully saturated rings. The normalized spacial score (nSPS) is 10.7. The van der Waals surface area contributed by atoms with E-state index >= 15 is 0 Å². The topological polar surface area (TPSA) is 90.1 Å². The number of carboxylic acid groups (broad SMARTS) is 1. The third kappa shape index (κ3) is 2.97. The number of benzene rings is 1. The van der Waals surface area contributed by atoms with Gasteiger partial charge in [0.05, 0.1) is 24.5 Å². The van der Waals surface area contributed by atoms with Crippen LogP contribution < -0.4 is 4.74 Å². The van der Waals surface area contributed by atoms with E-state index in [-0.39, 0.29) is 5.69 Å². The van der Waals surface area contributed by atoms with E-state index in [1.165, 1.54) is 10.9 Å². The van der Waals surface area contributed by atoms with Gasteiger partial charge < -0.3 is 9.84 Å². The van der Waals surface area contributed by atoms with Crippen LogP contribution in [0, 0.1) is 0 Å². The smallest absolute Gasteiger partial charge is 0.358 e. The molecule has 2 aromatic heterocycles. The summed E-state index contributed by atoms with van der Waals surface area (Å²) in [6, 6.07) is 9.68. The molecule has 0 saturated carbocycles. The van der Waals surface area contributed by atoms with Crippen LogP contribution in [0.15, 0.2) is 42.7 Å². The molecular weight excluding hydrogens is 272 g/mol. The quantitative estimate of drug-likeness (QED) is 0.765. The van der Waals surface area contributed by atoms with Crippen molar-refractivity contribution in [1.82, 2.24) is 20.0 Å². The van der Waals surface area contributed by atoms with Crippen molar-refractivity contribution in [2.24, 2.45) is 0 Å². The van der Waals surface area contributed by atoms with Crippen molar-refractivity contribution in [3.8, 4) is 5.75 Å². The summed E-state index contributed by atoms with van der Waals surface area (Å²) in [5.41, 5.74) is 0.828. The van der Waals surface area contributed by atoms with Crippen molar-refractivity contribution in [1.29, 1.82) is 0 Å². The Labute approximate surface area is 119 Å². The number of para-hydroxylation sites is 1. The van der Waals surface area contributed by atoms with Gasteiger partial charge in [-0.25, -0.2) is 9.48 Å². The van der Waals surface area contributed by atoms with E-state index in [9.17, 15) is 4.79 Å². The highest BCUT2D eigenvalue weighted by atomic mass is 16.5. The first kappa shape index (κ1) is 13.0. The summed E-state index contributed by atoms with van der Waals surface area (Å²) in [6.07, 6.45) is 3.02. The van der Waals surface area contributed by atoms with Gasteiger partial charge in [0, 0.05) is 5.39 Å². The maximum Gasteiger partial charge on any atom is 0.358 e. The summed E-state index contributed by atoms with van der Waals surface area (Å²) in [5, 5.41) is 17.0. The highest BCUT2D eigenvalue weighted by Gasteiger charge is 2.07. The summed E-state index contributed by atoms with van der Waals surface area (Å²) in [7, 11) is 0. The molecule has 1 N–H and O–H groups in total. The van der Waals surface area contributed by atoms with Gasteiger partial charge >= 0.3 is 5.97 Å². The molecule has 21 heavy (non-hydrogen) atoms. The number of pyridine rings is 1. The van der Waals surface area contributed by atoms with Crippen LogP contribution in [0.25, 0.3) is 10.9 Å². The number of aromatic nitrogens is 4. The molecule has 0 saturated heterocycles. The molecule has 3 aromatic rings. The van der Waals surface area contributed by atoms with E-state index in [1.807, 2.05) is 30.3 Å². The lowest BCUT2D eigenvalue weighted by molar-refractivity contribution is 0.0690. The molecule has 2 heterocycles. The van der Waals surface area contributed by atoms with E-state index in [0.29, 0.717) is 18.9 Å². The first-order valence-corrected chi connectivity index (χ1v) is 6.33. The lowest BCUT2D eigenvalue weighted by Gasteiger charge is -2.06. The molecule has 0 aliphatic carbocycles. The van der Waals surface area contributed by atoms with Crippen LogP contribution in [0.1, 0.15) is 10.5 Å². The average Bonchev–Trinajstić information content (AvgIpc) is 2.96. The monoisotopic (exact) mass is 284 g/mol. The van der Waals surface area contributed by atoms with Crippen molar-refractivity contribution in [3.63, 3.8) is 0 Å². The van der Waals surface area contributed by atoms with Crippen LogP contribution in [-0.4, -0.2) is 37.7 Å². The zero-order chi connectivity index (χ0) is 14.7. The molecule has 0 spiro atoms. The Kier molecular flexibility index (Phi) is 3.46. The Morgan fingerprint density at radius 3 is 3.00 bits per heavy atom. The van der Waals surface area contributed by atoms with Crippen molar-refractivity contribution in [2.75, 3.05) is 6.61 Å². The van der Waals surface area contributed by atoms with Gasteiger partial charge in [-0.15, -0.1) is 5.10 Å². The minimum atomic E-state index is -1.10. The van der Waals surface area contributed by atoms with Gasteiger partial charge in [-0.05, 0) is 12.1 Å². The molecule has 0 unspecified atom stereocenters. The van der Waals surface area contributed by atoms with Crippen LogP contribution in [0.3, 0.4) is 0 Å². The number of nitrogens with zero attached hydrogens (tertiary/aromatic N) is 4. The predicted molar refractivity (Wildman–Crippen MR) is 74.2 cm³/mol. The molecule has 3 rings (SSSR count). The van der Waals surface area contributed by atoms with Crippen molar-refractivity contribution >= 4 is 16.9 Å². The van der Waals surface area contributed by atoms with Gasteiger partial charge in [-0.3, -0.25) is 4.98 Å². The first-order chi connectivity index (χ1) is 10.2. The van der Waals surface area contributed by atoms with Gasteiger partial charge in [0.25, 0.3) is 0 Å². The molecule has 0 atom stereocenters. The highest BCUT2D eigenvalue weighted by molar-refractivity contribution is 5.84. The minimum Gasteiger partial charge on any atom is -0.490 e. The summed E-state index contributed by atoms with van der Waals surface area (Å²) < 4.78 is 7.02. The number of carbonyl (C=O) groups is 1. The third-order valence-electron chi connectivity index (χ3n) is 2.91. The molecule has 1 aromatic carbocycles. The fourth-order valence-electron chi connectivity index (χ4n) is 1.89. The van der Waals surface area contributed by atoms with Crippen LogP contribution >= 0.6 is 0 Å². The summed E-state index contributed by atoms with van der Waals surface area (Å²) >= 11 is 0. The number of carboxylic acids is 1. The van der Waals surface area contributed by atoms with Crippen LogP contribution in [-0.2, 0) is 6.54 Å². The van der Waals surface area contributed by atoms with E-state index in [0.717, 1.165) is 10.9 Å². The first-order valence-electron chi connectivity index (χ1n) is 6.33. The van der Waals surface area contributed by atoms with E-state index in [2.05, 4.69) is 15.3 Å². The Bertz CT molecular complexity index is 784. The van der Waals surface area contributed by atoms with Crippen molar-refractivity contribution < 1.29 is 14.6 Å². The second-order valence-electron chi connectivity index (χ2n) is 4.38. The van der Waals surface area contributed by atoms with Crippen LogP contribution in [0.5, 0.6) is 5.75 Å². The maximum absolute atomic E-state index is 10.7. The largest absolute Gasteiger partial charge is 0.490 e. The predicted octanol–water partition coefficient (Wildman–Crippen LogP) is 1.60. The second-order valence-corrected chi connectivity index (χ2v) is 4.38. The van der Waals surface area contributed by atoms with E-state index in [4.69, 9.17) is 9.84 Å². The fraction of sp³-hybridized carbons (Fsp3) is 0.143. The standard InChI is InChI=1S/C14H12N4O3/c19-14(20)13-9-18(17-16-13)5-6-21-11-7-10-3-1-2-4-12(10)15-8-11/h1-4,7-9H,5-6H2,(H,19,20). The Morgan fingerprint density at radius 2 is 2.19 bits per heavy atom. The molecule has 0 amide bonds. The number of rotatable bonds is 5. The fourth-order valence-corrected chi connectivity index (χ4v) is 1.89. The number of fused-ring (bicyclic) bond motifs is 1. The zero-order valence-electron chi connectivity index (χ0n) is 11.0. The Morgan fingerprint density at radius 1 is 1.33 bits per heavy atom. The zero-order valence-corrected chi connectivity index (χ0v) is 11.0. The second kappa shape index (κ2) is 5.58. The van der Waals surface area contributed by atoms with Gasteiger partial charge in [0.15, 0.2) is 5.69 Å². The number of hydrogen-bond donors (Lipinski definition) is 1. The molecule has 106 valence electrons. The lowest BCUT2D eigenvalue weighted by Crippen LogP contribution is -2.09. The average molecular weight is 284 g/mol. The van der Waals surface area contributed by atoms with E-state index < -0.39 is 5.97 Å². The van der Waals surface area contributed by atoms with E-state index in [1.54, 1.807) is 6.20 Å². The highest BCUT2D eigenvalue weighted by Crippen LogP contribution is 2.17. The maximum atomic E-state index is 10.7. The number of aromatic carboxylic acids is 1. The van der Waals surface area contributed by atoms with Gasteiger partial charge in [0.1, 0.15) is 12.4 Å². The van der Waals surface area contributed by atoms with Crippen LogP contribution in [0.2, 0.25) is 0 Å². The van der Waals surface area contributed by atoms with Crippen LogP contribution in [0.4, 0.5) is 0 Å². The van der Waals surface area contributed by atoms with Crippen molar-refractivity contribution in [3.05, 3.63) is 48.4 Å². The Hall–Kier alpha value is -2.96. The summed E-state index contributed by atoms with van der Waals surface area (Å²) in [6.45, 7) is 0.759. The number of ether oxygens (including phenoxy) is 1. The number of hydrogen-bond acceptors (Lipinski definition) is 5. The molecule has 7 heteroatoms. The van der Waals surface area contributed by atoms with Gasteiger partial charge in [0.2, 0.25) is 0 Å². The van der Waals surface area contributed by atoms with Gasteiger partial charge in [-0.1, -0.05) is 23.4 Å². The minimum absolute atomic E-state index is 0.0811. The molecule has 0 radical (unpaired) electrons. The SMILES string of the molecule is O=C(O)c1cn(CCOc2cnc3ccccc3c2)nn1. The molecular formula is C14H12N4O3. The molecule has 7 nitrogen and oxygen atoms in total. The molecule has 0 bridgehead atoms. The molecule has 0 aliphatic rings. The Balaban J connectivity index is 1.62. The third-order valence-corrected chi connectivity index (χ3v) is 2.91. The summed E-state index contributed by atoms with van der Waals surface area (Å²) in [5.74, 6) is -0.437. The summed E-state index contributed by atoms with van der Waals surface area (Å²) in [4.78, 5) is 15.0.